The molecule has 1 aromatic rings. The van der Waals surface area contributed by atoms with Crippen LogP contribution in [-0.4, -0.2) is 39.5 Å². The second-order valence-corrected chi connectivity index (χ2v) is 7.73. The number of guanidine groups is 1. The molecule has 1 rings (SSSR count). The highest BCUT2D eigenvalue weighted by molar-refractivity contribution is 14.0. The SMILES string of the molecule is CN=C(NCc1ccc(F)c(C)c1)NC(C)CCS(C)(=O)=O.I. The Bertz CT molecular complexity index is 636. The summed E-state index contributed by atoms with van der Waals surface area (Å²) in [5, 5.41) is 6.26. The zero-order valence-corrected chi connectivity index (χ0v) is 17.0. The average Bonchev–Trinajstić information content (AvgIpc) is 2.44. The first-order chi connectivity index (χ1) is 10.2. The molecule has 0 fully saturated rings. The smallest absolute Gasteiger partial charge is 0.191 e. The van der Waals surface area contributed by atoms with Gasteiger partial charge in [0.15, 0.2) is 5.96 Å². The molecule has 0 radical (unpaired) electrons. The predicted molar refractivity (Wildman–Crippen MR) is 104 cm³/mol. The van der Waals surface area contributed by atoms with E-state index < -0.39 is 9.84 Å². The Morgan fingerprint density at radius 3 is 2.57 bits per heavy atom. The van der Waals surface area contributed by atoms with E-state index >= 15 is 0 Å². The lowest BCUT2D eigenvalue weighted by Gasteiger charge is -2.17. The highest BCUT2D eigenvalue weighted by Gasteiger charge is 2.09. The Kier molecular flexibility index (Phi) is 9.67. The molecule has 0 bridgehead atoms. The minimum Gasteiger partial charge on any atom is -0.354 e. The largest absolute Gasteiger partial charge is 0.354 e. The summed E-state index contributed by atoms with van der Waals surface area (Å²) in [6, 6.07) is 4.92. The first-order valence-corrected chi connectivity index (χ1v) is 9.17. The molecule has 1 aromatic carbocycles. The van der Waals surface area contributed by atoms with E-state index in [-0.39, 0.29) is 41.6 Å². The van der Waals surface area contributed by atoms with Crippen molar-refractivity contribution in [2.24, 2.45) is 4.99 Å². The standard InChI is InChI=1S/C15H24FN3O2S.HI/c1-11-9-13(5-6-14(11)16)10-18-15(17-3)19-12(2)7-8-22(4,20)21;/h5-6,9,12H,7-8,10H2,1-4H3,(H2,17,18,19);1H. The molecule has 8 heteroatoms. The van der Waals surface area contributed by atoms with E-state index in [2.05, 4.69) is 15.6 Å². The maximum absolute atomic E-state index is 13.2. The van der Waals surface area contributed by atoms with Crippen LogP contribution in [0.5, 0.6) is 0 Å². The predicted octanol–water partition coefficient (Wildman–Crippen LogP) is 2.24. The quantitative estimate of drug-likeness (QED) is 0.391. The van der Waals surface area contributed by atoms with Crippen molar-refractivity contribution in [1.82, 2.24) is 10.6 Å². The molecule has 132 valence electrons. The second-order valence-electron chi connectivity index (χ2n) is 5.47. The van der Waals surface area contributed by atoms with E-state index in [1.807, 2.05) is 6.92 Å². The Hall–Kier alpha value is -0.900. The van der Waals surface area contributed by atoms with E-state index in [0.29, 0.717) is 24.5 Å². The zero-order valence-electron chi connectivity index (χ0n) is 13.9. The maximum atomic E-state index is 13.2. The van der Waals surface area contributed by atoms with E-state index in [1.165, 1.54) is 12.3 Å². The Morgan fingerprint density at radius 2 is 2.04 bits per heavy atom. The summed E-state index contributed by atoms with van der Waals surface area (Å²) in [4.78, 5) is 4.10. The molecule has 0 amide bonds. The number of nitrogens with one attached hydrogen (secondary N) is 2. The van der Waals surface area contributed by atoms with E-state index in [4.69, 9.17) is 0 Å². The molecule has 1 atom stereocenters. The molecule has 5 nitrogen and oxygen atoms in total. The number of halogens is 2. The Morgan fingerprint density at radius 1 is 1.39 bits per heavy atom. The van der Waals surface area contributed by atoms with Gasteiger partial charge in [0.25, 0.3) is 0 Å². The van der Waals surface area contributed by atoms with Gasteiger partial charge in [-0.05, 0) is 37.5 Å². The van der Waals surface area contributed by atoms with Crippen molar-refractivity contribution in [3.8, 4) is 0 Å². The zero-order chi connectivity index (χ0) is 16.8. The molecule has 0 saturated carbocycles. The van der Waals surface area contributed by atoms with Crippen LogP contribution in [0.15, 0.2) is 23.2 Å². The highest BCUT2D eigenvalue weighted by Crippen LogP contribution is 2.08. The third-order valence-electron chi connectivity index (χ3n) is 3.21. The highest BCUT2D eigenvalue weighted by atomic mass is 127. The van der Waals surface area contributed by atoms with Gasteiger partial charge in [0.2, 0.25) is 0 Å². The van der Waals surface area contributed by atoms with Gasteiger partial charge in [-0.3, -0.25) is 4.99 Å². The molecular formula is C15H25FIN3O2S. The third-order valence-corrected chi connectivity index (χ3v) is 4.19. The Balaban J connectivity index is 0.00000484. The van der Waals surface area contributed by atoms with Crippen LogP contribution in [-0.2, 0) is 16.4 Å². The summed E-state index contributed by atoms with van der Waals surface area (Å²) in [6.07, 6.45) is 1.73. The van der Waals surface area contributed by atoms with Gasteiger partial charge < -0.3 is 10.6 Å². The molecule has 0 aliphatic rings. The van der Waals surface area contributed by atoms with Gasteiger partial charge in [0, 0.05) is 25.9 Å². The lowest BCUT2D eigenvalue weighted by Crippen LogP contribution is -2.42. The minimum absolute atomic E-state index is 0. The number of benzene rings is 1. The number of rotatable bonds is 6. The lowest BCUT2D eigenvalue weighted by molar-refractivity contribution is 0.581. The number of hydrogen-bond acceptors (Lipinski definition) is 3. The molecule has 2 N–H and O–H groups in total. The molecule has 1 unspecified atom stereocenters. The molecule has 0 spiro atoms. The van der Waals surface area contributed by atoms with Crippen molar-refractivity contribution in [3.63, 3.8) is 0 Å². The Labute approximate surface area is 155 Å². The van der Waals surface area contributed by atoms with Gasteiger partial charge in [-0.1, -0.05) is 12.1 Å². The fourth-order valence-electron chi connectivity index (χ4n) is 1.89. The van der Waals surface area contributed by atoms with Crippen LogP contribution in [0.1, 0.15) is 24.5 Å². The van der Waals surface area contributed by atoms with Crippen LogP contribution in [0.4, 0.5) is 4.39 Å². The topological polar surface area (TPSA) is 70.6 Å². The van der Waals surface area contributed by atoms with Crippen molar-refractivity contribution in [3.05, 3.63) is 35.1 Å². The number of nitrogens with zero attached hydrogens (tertiary/aromatic N) is 1. The molecule has 0 aliphatic heterocycles. The molecule has 0 saturated heterocycles. The van der Waals surface area contributed by atoms with Gasteiger partial charge in [0.1, 0.15) is 15.7 Å². The van der Waals surface area contributed by atoms with Crippen LogP contribution in [0.25, 0.3) is 0 Å². The van der Waals surface area contributed by atoms with Gasteiger partial charge in [-0.2, -0.15) is 0 Å². The van der Waals surface area contributed by atoms with Crippen molar-refractivity contribution < 1.29 is 12.8 Å². The van der Waals surface area contributed by atoms with Crippen molar-refractivity contribution in [2.75, 3.05) is 19.1 Å². The van der Waals surface area contributed by atoms with Crippen LogP contribution >= 0.6 is 24.0 Å². The fourth-order valence-corrected chi connectivity index (χ4v) is 2.68. The molecular weight excluding hydrogens is 432 g/mol. The number of aliphatic imine (C=N–C) groups is 1. The summed E-state index contributed by atoms with van der Waals surface area (Å²) in [7, 11) is -1.31. The first-order valence-electron chi connectivity index (χ1n) is 7.11. The maximum Gasteiger partial charge on any atom is 0.191 e. The number of aryl methyl sites for hydroxylation is 1. The summed E-state index contributed by atoms with van der Waals surface area (Å²) >= 11 is 0. The van der Waals surface area contributed by atoms with Crippen LogP contribution in [0, 0.1) is 12.7 Å². The van der Waals surface area contributed by atoms with E-state index in [0.717, 1.165) is 5.56 Å². The van der Waals surface area contributed by atoms with Gasteiger partial charge in [-0.15, -0.1) is 24.0 Å². The number of sulfone groups is 1. The first kappa shape index (κ1) is 22.1. The second kappa shape index (κ2) is 10.1. The lowest BCUT2D eigenvalue weighted by atomic mass is 10.1. The molecule has 0 heterocycles. The van der Waals surface area contributed by atoms with Crippen molar-refractivity contribution >= 4 is 39.8 Å². The summed E-state index contributed by atoms with van der Waals surface area (Å²) in [5.41, 5.74) is 1.55. The minimum atomic E-state index is -2.96. The average molecular weight is 457 g/mol. The molecule has 0 aromatic heterocycles. The van der Waals surface area contributed by atoms with Crippen molar-refractivity contribution in [2.45, 2.75) is 32.9 Å². The van der Waals surface area contributed by atoms with Crippen LogP contribution in [0.3, 0.4) is 0 Å². The third kappa shape index (κ3) is 9.09. The van der Waals surface area contributed by atoms with Crippen LogP contribution in [0.2, 0.25) is 0 Å². The van der Waals surface area contributed by atoms with Gasteiger partial charge >= 0.3 is 0 Å². The summed E-state index contributed by atoms with van der Waals surface area (Å²) in [5.74, 6) is 0.499. The monoisotopic (exact) mass is 457 g/mol. The normalized spacial score (nSPS) is 13.2. The van der Waals surface area contributed by atoms with Crippen LogP contribution < -0.4 is 10.6 Å². The summed E-state index contributed by atoms with van der Waals surface area (Å²) in [6.45, 7) is 4.14. The van der Waals surface area contributed by atoms with E-state index in [1.54, 1.807) is 26.1 Å². The van der Waals surface area contributed by atoms with Gasteiger partial charge in [0.05, 0.1) is 5.75 Å². The summed E-state index contributed by atoms with van der Waals surface area (Å²) < 4.78 is 35.5. The van der Waals surface area contributed by atoms with Crippen molar-refractivity contribution in [1.29, 1.82) is 0 Å². The molecule has 0 aliphatic carbocycles. The van der Waals surface area contributed by atoms with E-state index in [9.17, 15) is 12.8 Å². The molecule has 23 heavy (non-hydrogen) atoms. The number of hydrogen-bond donors (Lipinski definition) is 2. The van der Waals surface area contributed by atoms with Gasteiger partial charge in [-0.25, -0.2) is 12.8 Å². The fraction of sp³-hybridized carbons (Fsp3) is 0.533.